The first-order chi connectivity index (χ1) is 12.7. The summed E-state index contributed by atoms with van der Waals surface area (Å²) in [5.74, 6) is 0.665. The molecule has 4 nitrogen and oxygen atoms in total. The summed E-state index contributed by atoms with van der Waals surface area (Å²) in [5, 5.41) is 8.57. The van der Waals surface area contributed by atoms with Crippen molar-refractivity contribution >= 4 is 16.7 Å². The Morgan fingerprint density at radius 3 is 2.58 bits per heavy atom. The Labute approximate surface area is 153 Å². The average molecular weight is 345 g/mol. The average Bonchev–Trinajstić information content (AvgIpc) is 2.64. The molecule has 0 bridgehead atoms. The van der Waals surface area contributed by atoms with E-state index in [1.807, 2.05) is 49.5 Å². The fourth-order valence-electron chi connectivity index (χ4n) is 3.31. The third-order valence-corrected chi connectivity index (χ3v) is 5.05. The van der Waals surface area contributed by atoms with Crippen LogP contribution in [-0.2, 0) is 6.42 Å². The lowest BCUT2D eigenvalue weighted by atomic mass is 9.94. The molecule has 1 aliphatic rings. The summed E-state index contributed by atoms with van der Waals surface area (Å²) in [5.41, 5.74) is 2.84. The SMILES string of the molecule is CC(NC(=O)c1ccc(CC2CNC2)cc1)c1cc2ccccc2cn1. The van der Waals surface area contributed by atoms with Crippen molar-refractivity contribution in [3.63, 3.8) is 0 Å². The van der Waals surface area contributed by atoms with Crippen molar-refractivity contribution in [2.75, 3.05) is 13.1 Å². The number of hydrogen-bond donors (Lipinski definition) is 2. The first-order valence-electron chi connectivity index (χ1n) is 9.14. The van der Waals surface area contributed by atoms with Gasteiger partial charge in [-0.3, -0.25) is 9.78 Å². The highest BCUT2D eigenvalue weighted by Crippen LogP contribution is 2.18. The molecule has 1 aromatic heterocycles. The molecule has 1 fully saturated rings. The number of rotatable bonds is 5. The van der Waals surface area contributed by atoms with Crippen LogP contribution in [0.1, 0.15) is 34.6 Å². The van der Waals surface area contributed by atoms with E-state index in [0.29, 0.717) is 5.56 Å². The van der Waals surface area contributed by atoms with Gasteiger partial charge in [-0.1, -0.05) is 36.4 Å². The number of fused-ring (bicyclic) bond motifs is 1. The van der Waals surface area contributed by atoms with E-state index in [1.165, 1.54) is 5.56 Å². The number of benzene rings is 2. The summed E-state index contributed by atoms with van der Waals surface area (Å²) in [6.45, 7) is 4.16. The molecule has 2 N–H and O–H groups in total. The van der Waals surface area contributed by atoms with Crippen molar-refractivity contribution in [1.82, 2.24) is 15.6 Å². The second-order valence-electron chi connectivity index (χ2n) is 7.08. The Kier molecular flexibility index (Phi) is 4.67. The molecule has 3 aromatic rings. The number of nitrogens with zero attached hydrogens (tertiary/aromatic N) is 1. The molecule has 2 heterocycles. The van der Waals surface area contributed by atoms with Gasteiger partial charge in [-0.2, -0.15) is 0 Å². The lowest BCUT2D eigenvalue weighted by molar-refractivity contribution is 0.0939. The molecule has 1 amide bonds. The number of amides is 1. The number of carbonyl (C=O) groups is 1. The monoisotopic (exact) mass is 345 g/mol. The van der Waals surface area contributed by atoms with E-state index >= 15 is 0 Å². The maximum atomic E-state index is 12.5. The van der Waals surface area contributed by atoms with Crippen molar-refractivity contribution < 1.29 is 4.79 Å². The molecular formula is C22H23N3O. The van der Waals surface area contributed by atoms with Gasteiger partial charge >= 0.3 is 0 Å². The predicted octanol–water partition coefficient (Wildman–Crippen LogP) is 3.49. The van der Waals surface area contributed by atoms with Crippen LogP contribution >= 0.6 is 0 Å². The van der Waals surface area contributed by atoms with Crippen LogP contribution in [0.15, 0.2) is 60.8 Å². The fourth-order valence-corrected chi connectivity index (χ4v) is 3.31. The summed E-state index contributed by atoms with van der Waals surface area (Å²) in [7, 11) is 0. The van der Waals surface area contributed by atoms with Gasteiger partial charge in [0, 0.05) is 17.1 Å². The van der Waals surface area contributed by atoms with E-state index in [0.717, 1.165) is 41.9 Å². The highest BCUT2D eigenvalue weighted by Gasteiger charge is 2.17. The molecule has 1 atom stereocenters. The van der Waals surface area contributed by atoms with Crippen molar-refractivity contribution in [3.8, 4) is 0 Å². The fraction of sp³-hybridized carbons (Fsp3) is 0.273. The van der Waals surface area contributed by atoms with Gasteiger partial charge in [-0.25, -0.2) is 0 Å². The highest BCUT2D eigenvalue weighted by atomic mass is 16.1. The van der Waals surface area contributed by atoms with Crippen LogP contribution in [-0.4, -0.2) is 24.0 Å². The molecule has 0 spiro atoms. The van der Waals surface area contributed by atoms with E-state index in [9.17, 15) is 4.79 Å². The van der Waals surface area contributed by atoms with Crippen LogP contribution in [0.4, 0.5) is 0 Å². The van der Waals surface area contributed by atoms with Crippen LogP contribution in [0.25, 0.3) is 10.8 Å². The van der Waals surface area contributed by atoms with Gasteiger partial charge in [0.1, 0.15) is 0 Å². The van der Waals surface area contributed by atoms with E-state index < -0.39 is 0 Å². The number of carbonyl (C=O) groups excluding carboxylic acids is 1. The van der Waals surface area contributed by atoms with E-state index in [-0.39, 0.29) is 11.9 Å². The van der Waals surface area contributed by atoms with Gasteiger partial charge < -0.3 is 10.6 Å². The lowest BCUT2D eigenvalue weighted by Gasteiger charge is -2.27. The van der Waals surface area contributed by atoms with Crippen LogP contribution in [0.5, 0.6) is 0 Å². The molecule has 0 aliphatic carbocycles. The van der Waals surface area contributed by atoms with Crippen molar-refractivity contribution in [2.45, 2.75) is 19.4 Å². The Morgan fingerprint density at radius 1 is 1.15 bits per heavy atom. The number of nitrogens with one attached hydrogen (secondary N) is 2. The van der Waals surface area contributed by atoms with Gasteiger partial charge in [0.05, 0.1) is 11.7 Å². The topological polar surface area (TPSA) is 54.0 Å². The van der Waals surface area contributed by atoms with Gasteiger partial charge in [0.15, 0.2) is 0 Å². The molecule has 1 saturated heterocycles. The van der Waals surface area contributed by atoms with Gasteiger partial charge in [-0.05, 0) is 61.5 Å². The minimum absolute atomic E-state index is 0.0654. The Hall–Kier alpha value is -2.72. The maximum Gasteiger partial charge on any atom is 0.251 e. The first-order valence-corrected chi connectivity index (χ1v) is 9.14. The Morgan fingerprint density at radius 2 is 1.88 bits per heavy atom. The zero-order valence-electron chi connectivity index (χ0n) is 14.9. The second-order valence-corrected chi connectivity index (χ2v) is 7.08. The van der Waals surface area contributed by atoms with Crippen molar-refractivity contribution in [3.05, 3.63) is 77.6 Å². The largest absolute Gasteiger partial charge is 0.344 e. The molecular weight excluding hydrogens is 322 g/mol. The minimum Gasteiger partial charge on any atom is -0.344 e. The van der Waals surface area contributed by atoms with E-state index in [2.05, 4.69) is 33.8 Å². The third-order valence-electron chi connectivity index (χ3n) is 5.05. The first kappa shape index (κ1) is 16.7. The van der Waals surface area contributed by atoms with Gasteiger partial charge in [0.2, 0.25) is 0 Å². The third kappa shape index (κ3) is 3.60. The standard InChI is InChI=1S/C22H23N3O/c1-15(21-11-19-4-2-3-5-20(19)14-24-21)25-22(26)18-8-6-16(7-9-18)10-17-12-23-13-17/h2-9,11,14-15,17,23H,10,12-13H2,1H3,(H,25,26). The molecule has 0 radical (unpaired) electrons. The molecule has 26 heavy (non-hydrogen) atoms. The molecule has 1 aliphatic heterocycles. The molecule has 4 heteroatoms. The maximum absolute atomic E-state index is 12.5. The Bertz CT molecular complexity index is 916. The molecule has 0 saturated carbocycles. The summed E-state index contributed by atoms with van der Waals surface area (Å²) >= 11 is 0. The minimum atomic E-state index is -0.146. The van der Waals surface area contributed by atoms with E-state index in [1.54, 1.807) is 0 Å². The number of pyridine rings is 1. The summed E-state index contributed by atoms with van der Waals surface area (Å²) in [6.07, 6.45) is 2.93. The Balaban J connectivity index is 1.42. The van der Waals surface area contributed by atoms with Gasteiger partial charge in [0.25, 0.3) is 5.91 Å². The van der Waals surface area contributed by atoms with Crippen LogP contribution in [0.3, 0.4) is 0 Å². The number of aromatic nitrogens is 1. The zero-order chi connectivity index (χ0) is 17.9. The van der Waals surface area contributed by atoms with Crippen molar-refractivity contribution in [1.29, 1.82) is 0 Å². The smallest absolute Gasteiger partial charge is 0.251 e. The highest BCUT2D eigenvalue weighted by molar-refractivity contribution is 5.94. The molecule has 4 rings (SSSR count). The summed E-state index contributed by atoms with van der Waals surface area (Å²) in [6, 6.07) is 18.0. The molecule has 2 aromatic carbocycles. The lowest BCUT2D eigenvalue weighted by Crippen LogP contribution is -2.43. The molecule has 132 valence electrons. The van der Waals surface area contributed by atoms with Crippen LogP contribution in [0.2, 0.25) is 0 Å². The van der Waals surface area contributed by atoms with Gasteiger partial charge in [-0.15, -0.1) is 0 Å². The summed E-state index contributed by atoms with van der Waals surface area (Å²) in [4.78, 5) is 17.0. The molecule has 1 unspecified atom stereocenters. The van der Waals surface area contributed by atoms with E-state index in [4.69, 9.17) is 0 Å². The summed E-state index contributed by atoms with van der Waals surface area (Å²) < 4.78 is 0. The van der Waals surface area contributed by atoms with Crippen LogP contribution in [0, 0.1) is 5.92 Å². The quantitative estimate of drug-likeness (QED) is 0.744. The van der Waals surface area contributed by atoms with Crippen LogP contribution < -0.4 is 10.6 Å². The van der Waals surface area contributed by atoms with Crippen molar-refractivity contribution in [2.24, 2.45) is 5.92 Å². The number of hydrogen-bond acceptors (Lipinski definition) is 3. The zero-order valence-corrected chi connectivity index (χ0v) is 14.9. The normalized spacial score (nSPS) is 15.4. The predicted molar refractivity (Wildman–Crippen MR) is 104 cm³/mol. The second kappa shape index (κ2) is 7.26.